The van der Waals surface area contributed by atoms with Crippen LogP contribution in [0, 0.1) is 0 Å². The summed E-state index contributed by atoms with van der Waals surface area (Å²) in [5.41, 5.74) is 2.33. The molecule has 140 valence electrons. The third-order valence-electron chi connectivity index (χ3n) is 4.03. The number of carbonyl (C=O) groups excluding carboxylic acids is 2. The van der Waals surface area contributed by atoms with E-state index < -0.39 is 10.5 Å². The molecular weight excluding hydrogens is 375 g/mol. The first-order valence-corrected chi connectivity index (χ1v) is 9.25. The first-order valence-electron chi connectivity index (χ1n) is 7.94. The quantitative estimate of drug-likeness (QED) is 0.379. The van der Waals surface area contributed by atoms with Gasteiger partial charge in [-0.3, -0.25) is 9.59 Å². The summed E-state index contributed by atoms with van der Waals surface area (Å²) in [4.78, 5) is 29.9. The number of hydrogen-bond donors (Lipinski definition) is 0. The van der Waals surface area contributed by atoms with Crippen molar-refractivity contribution in [1.29, 1.82) is 0 Å². The third-order valence-corrected chi connectivity index (χ3v) is 4.43. The van der Waals surface area contributed by atoms with Gasteiger partial charge < -0.3 is 0 Å². The Labute approximate surface area is 154 Å². The van der Waals surface area contributed by atoms with Crippen LogP contribution in [0.1, 0.15) is 12.8 Å². The lowest BCUT2D eigenvalue weighted by Gasteiger charge is -2.16. The van der Waals surface area contributed by atoms with Gasteiger partial charge in [0, 0.05) is 23.6 Å². The number of halogens is 1. The van der Waals surface area contributed by atoms with E-state index in [1.54, 1.807) is 6.07 Å². The van der Waals surface area contributed by atoms with E-state index in [9.17, 15) is 13.5 Å². The summed E-state index contributed by atoms with van der Waals surface area (Å²) in [6, 6.07) is 15.4. The zero-order valence-corrected chi connectivity index (χ0v) is 15.1. The van der Waals surface area contributed by atoms with Gasteiger partial charge in [-0.1, -0.05) is 28.2 Å². The Hall–Kier alpha value is -2.91. The molecule has 0 saturated carbocycles. The summed E-state index contributed by atoms with van der Waals surface area (Å²) in [5.74, 6) is -0.277. The number of anilines is 1. The molecule has 0 aliphatic carbocycles. The van der Waals surface area contributed by atoms with Crippen LogP contribution in [0.15, 0.2) is 48.5 Å². The summed E-state index contributed by atoms with van der Waals surface area (Å²) in [5, 5.41) is 1.83. The van der Waals surface area contributed by atoms with Gasteiger partial charge in [0.1, 0.15) is 0 Å². The summed E-state index contributed by atoms with van der Waals surface area (Å²) >= 11 is 0. The number of pyridine rings is 1. The van der Waals surface area contributed by atoms with Gasteiger partial charge in [0.2, 0.25) is 11.8 Å². The Morgan fingerprint density at radius 1 is 1.00 bits per heavy atom. The van der Waals surface area contributed by atoms with E-state index in [1.165, 1.54) is 4.90 Å². The molecule has 2 aromatic carbocycles. The number of aromatic nitrogens is 1. The van der Waals surface area contributed by atoms with E-state index in [0.717, 1.165) is 28.9 Å². The Kier molecular flexibility index (Phi) is 5.15. The second-order valence-corrected chi connectivity index (χ2v) is 6.83. The summed E-state index contributed by atoms with van der Waals surface area (Å²) in [7, 11) is -3.92. The topological polar surface area (TPSA) is 93.6 Å². The van der Waals surface area contributed by atoms with Crippen molar-refractivity contribution >= 4 is 49.8 Å². The molecule has 3 aromatic rings. The van der Waals surface area contributed by atoms with Gasteiger partial charge in [-0.25, -0.2) is 14.1 Å². The maximum atomic E-state index is 12.0. The molecule has 1 aliphatic rings. The standard InChI is InChI=1S/C17H12N2O2.CH3FO3S/c20-16-8-9-17(21)19(16)15-7-3-6-14-12(15)10-11-4-1-2-5-13(11)18-14;1-5-6(2,3)4/h1-7,10H,8-9H2;1H3. The third kappa shape index (κ3) is 4.09. The molecule has 0 spiro atoms. The summed E-state index contributed by atoms with van der Waals surface area (Å²) in [6.45, 7) is 0. The fourth-order valence-corrected chi connectivity index (χ4v) is 2.82. The average molecular weight is 390 g/mol. The van der Waals surface area contributed by atoms with E-state index in [1.807, 2.05) is 42.5 Å². The number of fused-ring (bicyclic) bond motifs is 2. The predicted octanol–water partition coefficient (Wildman–Crippen LogP) is 2.89. The molecular formula is C18H15FN2O5S. The van der Waals surface area contributed by atoms with E-state index in [2.05, 4.69) is 9.17 Å². The van der Waals surface area contributed by atoms with Crippen LogP contribution in [0.2, 0.25) is 0 Å². The SMILES string of the molecule is COS(=O)(=O)F.O=C1CCC(=O)N1c1cccc2nc3ccccc3cc12. The lowest BCUT2D eigenvalue weighted by Crippen LogP contribution is -2.28. The van der Waals surface area contributed by atoms with Crippen molar-refractivity contribution in [2.75, 3.05) is 12.0 Å². The van der Waals surface area contributed by atoms with Gasteiger partial charge in [0.25, 0.3) is 0 Å². The van der Waals surface area contributed by atoms with Crippen molar-refractivity contribution in [3.05, 3.63) is 48.5 Å². The minimum Gasteiger partial charge on any atom is -0.274 e. The largest absolute Gasteiger partial charge is 0.437 e. The van der Waals surface area contributed by atoms with Gasteiger partial charge in [0.15, 0.2) is 0 Å². The normalized spacial score (nSPS) is 14.5. The van der Waals surface area contributed by atoms with Gasteiger partial charge in [-0.2, -0.15) is 8.42 Å². The zero-order valence-electron chi connectivity index (χ0n) is 14.3. The monoisotopic (exact) mass is 390 g/mol. The van der Waals surface area contributed by atoms with Crippen molar-refractivity contribution < 1.29 is 26.1 Å². The molecule has 0 unspecified atom stereocenters. The number of hydrogen-bond acceptors (Lipinski definition) is 6. The highest BCUT2D eigenvalue weighted by Crippen LogP contribution is 2.31. The molecule has 0 radical (unpaired) electrons. The minimum absolute atomic E-state index is 0.138. The van der Waals surface area contributed by atoms with E-state index in [-0.39, 0.29) is 24.7 Å². The van der Waals surface area contributed by atoms with Crippen LogP contribution in [-0.4, -0.2) is 32.3 Å². The molecule has 1 aromatic heterocycles. The van der Waals surface area contributed by atoms with Crippen LogP contribution < -0.4 is 4.90 Å². The first-order chi connectivity index (χ1) is 12.8. The van der Waals surface area contributed by atoms with Crippen LogP contribution in [-0.2, 0) is 24.3 Å². The average Bonchev–Trinajstić information content (AvgIpc) is 2.98. The smallest absolute Gasteiger partial charge is 0.274 e. The second-order valence-electron chi connectivity index (χ2n) is 5.71. The van der Waals surface area contributed by atoms with Crippen LogP contribution in [0.3, 0.4) is 0 Å². The van der Waals surface area contributed by atoms with Gasteiger partial charge in [-0.05, 0) is 24.3 Å². The molecule has 27 heavy (non-hydrogen) atoms. The van der Waals surface area contributed by atoms with Crippen LogP contribution in [0.4, 0.5) is 9.57 Å². The summed E-state index contributed by atoms with van der Waals surface area (Å²) < 4.78 is 32.3. The molecule has 9 heteroatoms. The number of benzene rings is 2. The van der Waals surface area contributed by atoms with E-state index >= 15 is 0 Å². The molecule has 4 rings (SSSR count). The molecule has 0 atom stereocenters. The molecule has 1 fully saturated rings. The number of carbonyl (C=O) groups is 2. The fraction of sp³-hybridized carbons (Fsp3) is 0.167. The molecule has 1 aliphatic heterocycles. The molecule has 1 saturated heterocycles. The van der Waals surface area contributed by atoms with Crippen molar-refractivity contribution in [2.24, 2.45) is 0 Å². The highest BCUT2D eigenvalue weighted by molar-refractivity contribution is 7.81. The highest BCUT2D eigenvalue weighted by atomic mass is 32.3. The second kappa shape index (κ2) is 7.37. The first kappa shape index (κ1) is 18.9. The Balaban J connectivity index is 0.000000307. The van der Waals surface area contributed by atoms with Crippen molar-refractivity contribution in [3.63, 3.8) is 0 Å². The van der Waals surface area contributed by atoms with Gasteiger partial charge in [-0.15, -0.1) is 0 Å². The van der Waals surface area contributed by atoms with Crippen LogP contribution >= 0.6 is 0 Å². The van der Waals surface area contributed by atoms with E-state index in [0.29, 0.717) is 5.69 Å². The zero-order chi connectivity index (χ0) is 19.6. The lowest BCUT2D eigenvalue weighted by molar-refractivity contribution is -0.121. The van der Waals surface area contributed by atoms with Crippen molar-refractivity contribution in [1.82, 2.24) is 4.98 Å². The molecule has 7 nitrogen and oxygen atoms in total. The van der Waals surface area contributed by atoms with Crippen LogP contribution in [0.5, 0.6) is 0 Å². The number of rotatable bonds is 2. The van der Waals surface area contributed by atoms with Crippen molar-refractivity contribution in [3.8, 4) is 0 Å². The fourth-order valence-electron chi connectivity index (χ4n) is 2.82. The van der Waals surface area contributed by atoms with E-state index in [4.69, 9.17) is 8.42 Å². The highest BCUT2D eigenvalue weighted by Gasteiger charge is 2.31. The number of amides is 2. The maximum absolute atomic E-state index is 12.0. The molecule has 0 N–H and O–H groups in total. The Morgan fingerprint density at radius 2 is 1.59 bits per heavy atom. The van der Waals surface area contributed by atoms with Crippen molar-refractivity contribution in [2.45, 2.75) is 12.8 Å². The Morgan fingerprint density at radius 3 is 2.22 bits per heavy atom. The number of imide groups is 1. The van der Waals surface area contributed by atoms with Crippen LogP contribution in [0.25, 0.3) is 21.8 Å². The lowest BCUT2D eigenvalue weighted by atomic mass is 10.1. The minimum atomic E-state index is -4.66. The van der Waals surface area contributed by atoms with Gasteiger partial charge in [0.05, 0.1) is 23.8 Å². The molecule has 2 amide bonds. The summed E-state index contributed by atoms with van der Waals surface area (Å²) in [6.07, 6.45) is 0.576. The molecule has 0 bridgehead atoms. The molecule has 2 heterocycles. The van der Waals surface area contributed by atoms with Gasteiger partial charge >= 0.3 is 10.5 Å². The maximum Gasteiger partial charge on any atom is 0.437 e. The Bertz CT molecular complexity index is 1130. The predicted molar refractivity (Wildman–Crippen MR) is 98.0 cm³/mol. The number of nitrogens with zero attached hydrogens (tertiary/aromatic N) is 2. The number of para-hydroxylation sites is 1.